The summed E-state index contributed by atoms with van der Waals surface area (Å²) >= 11 is 1.48. The normalized spacial score (nSPS) is 9.44. The van der Waals surface area contributed by atoms with Crippen molar-refractivity contribution in [3.63, 3.8) is 0 Å². The Kier molecular flexibility index (Phi) is 8.35. The number of anilines is 1. The highest BCUT2D eigenvalue weighted by atomic mass is 32.1. The molecule has 0 saturated carbocycles. The van der Waals surface area contributed by atoms with Crippen molar-refractivity contribution in [1.82, 2.24) is 0 Å². The van der Waals surface area contributed by atoms with Gasteiger partial charge in [-0.3, -0.25) is 4.79 Å². The van der Waals surface area contributed by atoms with E-state index < -0.39 is 11.9 Å². The highest BCUT2D eigenvalue weighted by Gasteiger charge is 2.15. The number of rotatable bonds is 5. The van der Waals surface area contributed by atoms with Crippen LogP contribution >= 0.6 is 11.3 Å². The number of benzene rings is 1. The molecule has 1 aromatic carbocycles. The van der Waals surface area contributed by atoms with Crippen LogP contribution in [-0.2, 0) is 20.7 Å². The molecule has 1 N–H and O–H groups in total. The van der Waals surface area contributed by atoms with E-state index in [2.05, 4.69) is 14.8 Å². The number of amides is 1. The van der Waals surface area contributed by atoms with E-state index in [9.17, 15) is 14.4 Å². The average Bonchev–Trinajstić information content (AvgIpc) is 3.14. The molecule has 6 nitrogen and oxygen atoms in total. The van der Waals surface area contributed by atoms with Crippen molar-refractivity contribution in [2.45, 2.75) is 20.3 Å². The maximum absolute atomic E-state index is 12.0. The molecule has 0 saturated heterocycles. The predicted molar refractivity (Wildman–Crippen MR) is 97.1 cm³/mol. The van der Waals surface area contributed by atoms with Crippen LogP contribution in [0.4, 0.5) is 5.69 Å². The van der Waals surface area contributed by atoms with Crippen LogP contribution in [0.2, 0.25) is 0 Å². The van der Waals surface area contributed by atoms with Crippen molar-refractivity contribution in [2.24, 2.45) is 0 Å². The summed E-state index contributed by atoms with van der Waals surface area (Å²) in [5.41, 5.74) is 0.638. The monoisotopic (exact) mass is 363 g/mol. The first-order valence-electron chi connectivity index (χ1n) is 7.67. The van der Waals surface area contributed by atoms with E-state index >= 15 is 0 Å². The first kappa shape index (κ1) is 20.4. The zero-order valence-corrected chi connectivity index (χ0v) is 15.4. The van der Waals surface area contributed by atoms with Gasteiger partial charge in [-0.15, -0.1) is 11.3 Å². The van der Waals surface area contributed by atoms with Gasteiger partial charge in [-0.25, -0.2) is 9.59 Å². The predicted octanol–water partition coefficient (Wildman–Crippen LogP) is 3.53. The molecule has 25 heavy (non-hydrogen) atoms. The summed E-state index contributed by atoms with van der Waals surface area (Å²) in [5, 5.41) is 4.56. The number of carbonyl (C=O) groups excluding carboxylic acids is 3. The van der Waals surface area contributed by atoms with Crippen LogP contribution in [0.1, 0.15) is 39.4 Å². The van der Waals surface area contributed by atoms with E-state index in [-0.39, 0.29) is 23.5 Å². The number of hydrogen-bond donors (Lipinski definition) is 1. The molecule has 1 amide bonds. The molecule has 134 valence electrons. The molecule has 0 aliphatic heterocycles. The number of esters is 2. The van der Waals surface area contributed by atoms with Crippen LogP contribution < -0.4 is 5.32 Å². The smallest absolute Gasteiger partial charge is 0.337 e. The number of thiophene rings is 1. The van der Waals surface area contributed by atoms with Crippen molar-refractivity contribution < 1.29 is 23.9 Å². The average molecular weight is 363 g/mol. The number of hydrogen-bond acceptors (Lipinski definition) is 6. The fraction of sp³-hybridized carbons (Fsp3) is 0.278. The SMILES string of the molecule is CC.COC(=O)c1cc(NC(=O)Cc2cccs2)cc(C(=O)OC)c1. The quantitative estimate of drug-likeness (QED) is 0.822. The summed E-state index contributed by atoms with van der Waals surface area (Å²) in [6.45, 7) is 4.00. The highest BCUT2D eigenvalue weighted by Crippen LogP contribution is 2.18. The Morgan fingerprint density at radius 1 is 1.00 bits per heavy atom. The lowest BCUT2D eigenvalue weighted by atomic mass is 10.1. The summed E-state index contributed by atoms with van der Waals surface area (Å²) in [6, 6.07) is 7.97. The highest BCUT2D eigenvalue weighted by molar-refractivity contribution is 7.10. The molecular formula is C18H21NO5S. The van der Waals surface area contributed by atoms with E-state index in [1.807, 2.05) is 31.4 Å². The van der Waals surface area contributed by atoms with Crippen molar-refractivity contribution in [3.8, 4) is 0 Å². The van der Waals surface area contributed by atoms with Crippen molar-refractivity contribution in [1.29, 1.82) is 0 Å². The van der Waals surface area contributed by atoms with Gasteiger partial charge < -0.3 is 14.8 Å². The van der Waals surface area contributed by atoms with E-state index in [1.54, 1.807) is 0 Å². The van der Waals surface area contributed by atoms with Gasteiger partial charge in [0.2, 0.25) is 5.91 Å². The van der Waals surface area contributed by atoms with Gasteiger partial charge in [-0.2, -0.15) is 0 Å². The number of carbonyl (C=O) groups is 3. The molecule has 1 aromatic heterocycles. The van der Waals surface area contributed by atoms with E-state index in [0.717, 1.165) is 4.88 Å². The van der Waals surface area contributed by atoms with Crippen LogP contribution in [0.5, 0.6) is 0 Å². The zero-order valence-electron chi connectivity index (χ0n) is 14.6. The van der Waals surface area contributed by atoms with E-state index in [4.69, 9.17) is 0 Å². The van der Waals surface area contributed by atoms with Gasteiger partial charge in [-0.05, 0) is 29.6 Å². The van der Waals surface area contributed by atoms with Gasteiger partial charge in [0.15, 0.2) is 0 Å². The number of methoxy groups -OCH3 is 2. The van der Waals surface area contributed by atoms with Crippen molar-refractivity contribution in [2.75, 3.05) is 19.5 Å². The lowest BCUT2D eigenvalue weighted by Crippen LogP contribution is -2.15. The maximum Gasteiger partial charge on any atom is 0.337 e. The zero-order chi connectivity index (χ0) is 18.8. The lowest BCUT2D eigenvalue weighted by Gasteiger charge is -2.09. The van der Waals surface area contributed by atoms with Crippen LogP contribution in [0, 0.1) is 0 Å². The Labute approximate surface area is 150 Å². The second-order valence-corrected chi connectivity index (χ2v) is 5.62. The molecule has 7 heteroatoms. The molecular weight excluding hydrogens is 342 g/mol. The van der Waals surface area contributed by atoms with Crippen LogP contribution in [0.15, 0.2) is 35.7 Å². The van der Waals surface area contributed by atoms with Gasteiger partial charge in [0.25, 0.3) is 0 Å². The lowest BCUT2D eigenvalue weighted by molar-refractivity contribution is -0.115. The topological polar surface area (TPSA) is 81.7 Å². The third-order valence-electron chi connectivity index (χ3n) is 2.97. The van der Waals surface area contributed by atoms with Gasteiger partial charge in [0.1, 0.15) is 0 Å². The molecule has 0 radical (unpaired) electrons. The summed E-state index contributed by atoms with van der Waals surface area (Å²) in [4.78, 5) is 36.3. The molecule has 2 rings (SSSR count). The summed E-state index contributed by atoms with van der Waals surface area (Å²) in [5.74, 6) is -1.46. The molecule has 0 aliphatic rings. The standard InChI is InChI=1S/C16H15NO5S.C2H6/c1-21-15(19)10-6-11(16(20)22-2)8-12(7-10)17-14(18)9-13-4-3-5-23-13;1-2/h3-8H,9H2,1-2H3,(H,17,18);1-2H3. The molecule has 0 aliphatic carbocycles. The first-order valence-corrected chi connectivity index (χ1v) is 8.55. The van der Waals surface area contributed by atoms with Crippen LogP contribution in [-0.4, -0.2) is 32.1 Å². The molecule has 0 unspecified atom stereocenters. The van der Waals surface area contributed by atoms with Crippen molar-refractivity contribution in [3.05, 3.63) is 51.7 Å². The second-order valence-electron chi connectivity index (χ2n) is 4.59. The first-order chi connectivity index (χ1) is 12.0. The fourth-order valence-corrected chi connectivity index (χ4v) is 2.65. The Morgan fingerprint density at radius 3 is 2.00 bits per heavy atom. The summed E-state index contributed by atoms with van der Waals surface area (Å²) < 4.78 is 9.30. The minimum Gasteiger partial charge on any atom is -0.465 e. The Bertz CT molecular complexity index is 691. The van der Waals surface area contributed by atoms with Gasteiger partial charge in [0, 0.05) is 10.6 Å². The van der Waals surface area contributed by atoms with Gasteiger partial charge >= 0.3 is 11.9 Å². The molecule has 0 atom stereocenters. The summed E-state index contributed by atoms with van der Waals surface area (Å²) in [7, 11) is 2.48. The molecule has 0 fully saturated rings. The second kappa shape index (κ2) is 10.2. The van der Waals surface area contributed by atoms with Crippen LogP contribution in [0.3, 0.4) is 0 Å². The third-order valence-corrected chi connectivity index (χ3v) is 3.85. The molecule has 0 spiro atoms. The fourth-order valence-electron chi connectivity index (χ4n) is 1.95. The number of ether oxygens (including phenoxy) is 2. The molecule has 1 heterocycles. The minimum absolute atomic E-state index is 0.154. The third kappa shape index (κ3) is 6.04. The van der Waals surface area contributed by atoms with Crippen LogP contribution in [0.25, 0.3) is 0 Å². The largest absolute Gasteiger partial charge is 0.465 e. The number of nitrogens with one attached hydrogen (secondary N) is 1. The van der Waals surface area contributed by atoms with E-state index in [0.29, 0.717) is 5.69 Å². The van der Waals surface area contributed by atoms with Gasteiger partial charge in [0.05, 0.1) is 31.8 Å². The van der Waals surface area contributed by atoms with Gasteiger partial charge in [-0.1, -0.05) is 19.9 Å². The molecule has 2 aromatic rings. The van der Waals surface area contributed by atoms with Crippen molar-refractivity contribution >= 4 is 34.9 Å². The Morgan fingerprint density at radius 2 is 1.56 bits per heavy atom. The minimum atomic E-state index is -0.607. The maximum atomic E-state index is 12.0. The Balaban J connectivity index is 0.00000151. The van der Waals surface area contributed by atoms with E-state index in [1.165, 1.54) is 43.8 Å². The molecule has 0 bridgehead atoms. The summed E-state index contributed by atoms with van der Waals surface area (Å²) in [6.07, 6.45) is 0.216. The Hall–Kier alpha value is -2.67.